The molecule has 9 heteroatoms. The van der Waals surface area contributed by atoms with Gasteiger partial charge in [0, 0.05) is 18.8 Å². The van der Waals surface area contributed by atoms with Crippen molar-refractivity contribution >= 4 is 17.7 Å². The van der Waals surface area contributed by atoms with Crippen molar-refractivity contribution in [2.75, 3.05) is 32.1 Å². The average molecular weight is 665 g/mol. The van der Waals surface area contributed by atoms with Crippen LogP contribution in [-0.4, -0.2) is 59.2 Å². The number of amides is 1. The molecule has 258 valence electrons. The quantitative estimate of drug-likeness (QED) is 0.179. The van der Waals surface area contributed by atoms with Crippen LogP contribution in [0.15, 0.2) is 66.9 Å². The standard InChI is InChI=1S/C40H48N4O5/c1-7-26-23-30(16-17-32(26)27-19-21-43(22-20-27)39(46)49-40(3,4)5)42-35-18-15-28-11-10-14-33(36(28)35)29-12-9-13-31(24-29)44-37(47-6)34(25-41-44)38(45)48-8-2/h9-14,16-17,23-25,27,35,42H,7-8,15,18-22H2,1-6H3. The number of benzene rings is 3. The molecule has 49 heavy (non-hydrogen) atoms. The Bertz CT molecular complexity index is 1820. The van der Waals surface area contributed by atoms with E-state index in [1.807, 2.05) is 37.8 Å². The molecular weight excluding hydrogens is 616 g/mol. The molecule has 3 aromatic carbocycles. The van der Waals surface area contributed by atoms with Crippen molar-refractivity contribution in [2.24, 2.45) is 0 Å². The first kappa shape index (κ1) is 34.1. The summed E-state index contributed by atoms with van der Waals surface area (Å²) >= 11 is 0. The summed E-state index contributed by atoms with van der Waals surface area (Å²) in [5.41, 5.74) is 9.39. The molecule has 0 radical (unpaired) electrons. The van der Waals surface area contributed by atoms with Crippen molar-refractivity contribution in [1.82, 2.24) is 14.7 Å². The summed E-state index contributed by atoms with van der Waals surface area (Å²) in [4.78, 5) is 27.0. The molecule has 1 atom stereocenters. The van der Waals surface area contributed by atoms with Crippen LogP contribution in [0.2, 0.25) is 0 Å². The van der Waals surface area contributed by atoms with Crippen molar-refractivity contribution in [3.63, 3.8) is 0 Å². The number of esters is 1. The van der Waals surface area contributed by atoms with Gasteiger partial charge in [-0.2, -0.15) is 5.10 Å². The summed E-state index contributed by atoms with van der Waals surface area (Å²) in [7, 11) is 1.53. The predicted octanol–water partition coefficient (Wildman–Crippen LogP) is 8.50. The predicted molar refractivity (Wildman–Crippen MR) is 192 cm³/mol. The van der Waals surface area contributed by atoms with Crippen LogP contribution in [0.1, 0.15) is 98.5 Å². The number of piperidine rings is 1. The molecule has 4 aromatic rings. The number of fused-ring (bicyclic) bond motifs is 1. The molecule has 1 saturated heterocycles. The van der Waals surface area contributed by atoms with Crippen LogP contribution in [-0.2, 0) is 22.3 Å². The Morgan fingerprint density at radius 2 is 1.76 bits per heavy atom. The van der Waals surface area contributed by atoms with Gasteiger partial charge in [-0.25, -0.2) is 14.3 Å². The fraction of sp³-hybridized carbons (Fsp3) is 0.425. The minimum absolute atomic E-state index is 0.164. The topological polar surface area (TPSA) is 94.9 Å². The Balaban J connectivity index is 1.21. The van der Waals surface area contributed by atoms with E-state index in [9.17, 15) is 9.59 Å². The first-order valence-electron chi connectivity index (χ1n) is 17.5. The molecule has 0 saturated carbocycles. The number of aromatic nitrogens is 2. The van der Waals surface area contributed by atoms with E-state index < -0.39 is 11.6 Å². The number of nitrogens with zero attached hydrogens (tertiary/aromatic N) is 3. The molecule has 1 fully saturated rings. The number of methoxy groups -OCH3 is 1. The van der Waals surface area contributed by atoms with Gasteiger partial charge in [-0.05, 0) is 123 Å². The van der Waals surface area contributed by atoms with E-state index in [4.69, 9.17) is 14.2 Å². The van der Waals surface area contributed by atoms with Crippen LogP contribution in [0.3, 0.4) is 0 Å². The zero-order valence-electron chi connectivity index (χ0n) is 29.5. The SMILES string of the molecule is CCOC(=O)c1cnn(-c2cccc(-c3cccc4c3C(Nc3ccc(C5CCN(C(=O)OC(C)(C)C)CC5)c(CC)c3)CC4)c2)c1OC. The Morgan fingerprint density at radius 3 is 2.47 bits per heavy atom. The van der Waals surface area contributed by atoms with Gasteiger partial charge >= 0.3 is 12.1 Å². The van der Waals surface area contributed by atoms with E-state index in [0.717, 1.165) is 49.0 Å². The fourth-order valence-electron chi connectivity index (χ4n) is 7.26. The van der Waals surface area contributed by atoms with Crippen molar-refractivity contribution in [3.8, 4) is 22.7 Å². The number of nitrogens with one attached hydrogen (secondary N) is 1. The van der Waals surface area contributed by atoms with Crippen LogP contribution in [0, 0.1) is 0 Å². The summed E-state index contributed by atoms with van der Waals surface area (Å²) in [6.45, 7) is 11.4. The Hall–Kier alpha value is -4.79. The summed E-state index contributed by atoms with van der Waals surface area (Å²) in [5, 5.41) is 8.36. The number of hydrogen-bond acceptors (Lipinski definition) is 7. The number of anilines is 1. The molecule has 2 heterocycles. The molecular formula is C40H48N4O5. The van der Waals surface area contributed by atoms with Crippen LogP contribution in [0.4, 0.5) is 10.5 Å². The summed E-state index contributed by atoms with van der Waals surface area (Å²) in [5.74, 6) is 0.312. The lowest BCUT2D eigenvalue weighted by Crippen LogP contribution is -2.41. The third-order valence-corrected chi connectivity index (χ3v) is 9.51. The monoisotopic (exact) mass is 664 g/mol. The Kier molecular flexibility index (Phi) is 9.99. The number of ether oxygens (including phenoxy) is 3. The largest absolute Gasteiger partial charge is 0.480 e. The van der Waals surface area contributed by atoms with Crippen molar-refractivity contribution in [3.05, 3.63) is 94.7 Å². The second-order valence-corrected chi connectivity index (χ2v) is 13.9. The van der Waals surface area contributed by atoms with Crippen molar-refractivity contribution in [2.45, 2.75) is 84.3 Å². The zero-order chi connectivity index (χ0) is 34.7. The maximum absolute atomic E-state index is 12.6. The summed E-state index contributed by atoms with van der Waals surface area (Å²) in [6, 6.07) is 21.7. The van der Waals surface area contributed by atoms with Gasteiger partial charge in [-0.15, -0.1) is 0 Å². The van der Waals surface area contributed by atoms with E-state index in [1.54, 1.807) is 11.6 Å². The number of carbonyl (C=O) groups is 2. The minimum Gasteiger partial charge on any atom is -0.480 e. The lowest BCUT2D eigenvalue weighted by Gasteiger charge is -2.34. The van der Waals surface area contributed by atoms with E-state index in [1.165, 1.54) is 41.1 Å². The molecule has 1 aromatic heterocycles. The molecule has 1 aliphatic carbocycles. The number of hydrogen-bond donors (Lipinski definition) is 1. The summed E-state index contributed by atoms with van der Waals surface area (Å²) in [6.07, 6.45) is 6.11. The molecule has 1 aliphatic heterocycles. The second-order valence-electron chi connectivity index (χ2n) is 13.9. The first-order chi connectivity index (χ1) is 23.6. The lowest BCUT2D eigenvalue weighted by molar-refractivity contribution is 0.0204. The van der Waals surface area contributed by atoms with Gasteiger partial charge in [0.25, 0.3) is 0 Å². The van der Waals surface area contributed by atoms with E-state index in [0.29, 0.717) is 30.5 Å². The Labute approximate surface area is 289 Å². The molecule has 2 aliphatic rings. The second kappa shape index (κ2) is 14.4. The Morgan fingerprint density at radius 1 is 0.980 bits per heavy atom. The van der Waals surface area contributed by atoms with Gasteiger partial charge in [0.15, 0.2) is 0 Å². The average Bonchev–Trinajstić information content (AvgIpc) is 3.72. The van der Waals surface area contributed by atoms with Crippen molar-refractivity contribution in [1.29, 1.82) is 0 Å². The highest BCUT2D eigenvalue weighted by Crippen LogP contribution is 2.42. The number of rotatable bonds is 9. The van der Waals surface area contributed by atoms with Crippen molar-refractivity contribution < 1.29 is 23.8 Å². The van der Waals surface area contributed by atoms with Gasteiger partial charge in [-0.1, -0.05) is 43.3 Å². The third kappa shape index (κ3) is 7.31. The zero-order valence-corrected chi connectivity index (χ0v) is 29.5. The molecule has 1 N–H and O–H groups in total. The summed E-state index contributed by atoms with van der Waals surface area (Å²) < 4.78 is 18.1. The van der Waals surface area contributed by atoms with Gasteiger partial charge in [-0.3, -0.25) is 0 Å². The maximum atomic E-state index is 12.6. The number of likely N-dealkylation sites (tertiary alicyclic amines) is 1. The molecule has 0 bridgehead atoms. The maximum Gasteiger partial charge on any atom is 0.410 e. The number of carbonyl (C=O) groups excluding carboxylic acids is 2. The third-order valence-electron chi connectivity index (χ3n) is 9.51. The van der Waals surface area contributed by atoms with Crippen LogP contribution in [0.5, 0.6) is 5.88 Å². The molecule has 9 nitrogen and oxygen atoms in total. The molecule has 6 rings (SSSR count). The van der Waals surface area contributed by atoms with Crippen LogP contribution < -0.4 is 10.1 Å². The van der Waals surface area contributed by atoms with E-state index in [-0.39, 0.29) is 18.7 Å². The highest BCUT2D eigenvalue weighted by Gasteiger charge is 2.30. The smallest absolute Gasteiger partial charge is 0.410 e. The molecule has 0 spiro atoms. The highest BCUT2D eigenvalue weighted by atomic mass is 16.6. The first-order valence-corrected chi connectivity index (χ1v) is 17.5. The van der Waals surface area contributed by atoms with E-state index >= 15 is 0 Å². The van der Waals surface area contributed by atoms with E-state index in [2.05, 4.69) is 65.9 Å². The number of aryl methyl sites for hydroxylation is 2. The van der Waals surface area contributed by atoms with Crippen LogP contribution >= 0.6 is 0 Å². The minimum atomic E-state index is -0.484. The lowest BCUT2D eigenvalue weighted by atomic mass is 9.85. The highest BCUT2D eigenvalue weighted by molar-refractivity contribution is 5.92. The normalized spacial score (nSPS) is 16.3. The van der Waals surface area contributed by atoms with Gasteiger partial charge < -0.3 is 24.4 Å². The van der Waals surface area contributed by atoms with Gasteiger partial charge in [0.05, 0.1) is 31.6 Å². The molecule has 1 amide bonds. The fourth-order valence-corrected chi connectivity index (χ4v) is 7.26. The van der Waals surface area contributed by atoms with Crippen LogP contribution in [0.25, 0.3) is 16.8 Å². The molecule has 1 unspecified atom stereocenters. The van der Waals surface area contributed by atoms with Gasteiger partial charge in [0.2, 0.25) is 5.88 Å². The van der Waals surface area contributed by atoms with Gasteiger partial charge in [0.1, 0.15) is 11.2 Å².